The standard InChI is InChI=1S/C22H21N5O3/c1-3-26-19-10-9-16(11-18(19)24-20(28)22(26)30)21(29)25(2)13-15-12-23-27(14-15)17-7-5-4-6-8-17/h4-12,14H,3,13H2,1-2H3,(H,24,28). The van der Waals surface area contributed by atoms with Crippen molar-refractivity contribution in [3.63, 3.8) is 0 Å². The van der Waals surface area contributed by atoms with E-state index < -0.39 is 11.1 Å². The van der Waals surface area contributed by atoms with Gasteiger partial charge in [-0.1, -0.05) is 18.2 Å². The highest BCUT2D eigenvalue weighted by atomic mass is 16.2. The fourth-order valence-electron chi connectivity index (χ4n) is 3.46. The van der Waals surface area contributed by atoms with Gasteiger partial charge in [0, 0.05) is 37.5 Å². The lowest BCUT2D eigenvalue weighted by atomic mass is 10.1. The fourth-order valence-corrected chi connectivity index (χ4v) is 3.46. The molecule has 0 spiro atoms. The third-order valence-corrected chi connectivity index (χ3v) is 4.96. The van der Waals surface area contributed by atoms with Gasteiger partial charge >= 0.3 is 11.1 Å². The first kappa shape index (κ1) is 19.4. The van der Waals surface area contributed by atoms with Gasteiger partial charge < -0.3 is 14.5 Å². The van der Waals surface area contributed by atoms with E-state index in [0.717, 1.165) is 11.3 Å². The molecule has 2 aromatic carbocycles. The fraction of sp³-hybridized carbons (Fsp3) is 0.182. The summed E-state index contributed by atoms with van der Waals surface area (Å²) in [6.45, 7) is 2.55. The van der Waals surface area contributed by atoms with Gasteiger partial charge in [-0.25, -0.2) is 4.68 Å². The van der Waals surface area contributed by atoms with E-state index in [-0.39, 0.29) is 5.91 Å². The molecule has 8 heteroatoms. The van der Waals surface area contributed by atoms with E-state index in [1.807, 2.05) is 36.5 Å². The van der Waals surface area contributed by atoms with E-state index in [1.54, 1.807) is 47.9 Å². The number of hydrogen-bond acceptors (Lipinski definition) is 4. The number of amides is 1. The molecule has 4 aromatic rings. The molecule has 0 unspecified atom stereocenters. The molecule has 0 aliphatic rings. The van der Waals surface area contributed by atoms with E-state index in [9.17, 15) is 14.4 Å². The molecule has 0 atom stereocenters. The molecule has 30 heavy (non-hydrogen) atoms. The molecule has 0 radical (unpaired) electrons. The zero-order valence-corrected chi connectivity index (χ0v) is 16.7. The molecule has 0 fully saturated rings. The molecular weight excluding hydrogens is 382 g/mol. The first-order valence-corrected chi connectivity index (χ1v) is 9.59. The number of carbonyl (C=O) groups excluding carboxylic acids is 1. The van der Waals surface area contributed by atoms with Crippen LogP contribution < -0.4 is 11.1 Å². The molecule has 0 aliphatic carbocycles. The van der Waals surface area contributed by atoms with E-state index in [2.05, 4.69) is 10.1 Å². The van der Waals surface area contributed by atoms with E-state index in [0.29, 0.717) is 29.7 Å². The molecule has 0 saturated carbocycles. The average molecular weight is 403 g/mol. The number of rotatable bonds is 5. The number of fused-ring (bicyclic) bond motifs is 1. The van der Waals surface area contributed by atoms with Gasteiger partial charge in [0.15, 0.2) is 0 Å². The topological polar surface area (TPSA) is 93.0 Å². The van der Waals surface area contributed by atoms with Crippen molar-refractivity contribution in [3.8, 4) is 5.69 Å². The molecule has 1 N–H and O–H groups in total. The first-order valence-electron chi connectivity index (χ1n) is 9.59. The molecule has 0 bridgehead atoms. The summed E-state index contributed by atoms with van der Waals surface area (Å²) in [6, 6.07) is 14.7. The van der Waals surface area contributed by atoms with Crippen LogP contribution in [0.15, 0.2) is 70.5 Å². The number of para-hydroxylation sites is 1. The van der Waals surface area contributed by atoms with Gasteiger partial charge in [-0.3, -0.25) is 14.4 Å². The van der Waals surface area contributed by atoms with Crippen LogP contribution >= 0.6 is 0 Å². The summed E-state index contributed by atoms with van der Waals surface area (Å²) in [6.07, 6.45) is 3.62. The van der Waals surface area contributed by atoms with Crippen LogP contribution in [0.3, 0.4) is 0 Å². The van der Waals surface area contributed by atoms with Crippen molar-refractivity contribution in [2.45, 2.75) is 20.0 Å². The van der Waals surface area contributed by atoms with Gasteiger partial charge in [-0.2, -0.15) is 5.10 Å². The minimum absolute atomic E-state index is 0.195. The zero-order valence-electron chi connectivity index (χ0n) is 16.7. The van der Waals surface area contributed by atoms with Crippen molar-refractivity contribution in [3.05, 3.63) is 92.8 Å². The molecule has 4 rings (SSSR count). The molecular formula is C22H21N5O3. The van der Waals surface area contributed by atoms with Crippen molar-refractivity contribution in [2.75, 3.05) is 7.05 Å². The molecule has 0 aliphatic heterocycles. The minimum Gasteiger partial charge on any atom is -0.337 e. The van der Waals surface area contributed by atoms with Crippen LogP contribution in [-0.4, -0.2) is 37.2 Å². The summed E-state index contributed by atoms with van der Waals surface area (Å²) >= 11 is 0. The third kappa shape index (κ3) is 3.55. The number of benzene rings is 2. The van der Waals surface area contributed by atoms with Crippen molar-refractivity contribution in [1.29, 1.82) is 0 Å². The lowest BCUT2D eigenvalue weighted by Crippen LogP contribution is -2.36. The third-order valence-electron chi connectivity index (χ3n) is 4.96. The monoisotopic (exact) mass is 403 g/mol. The van der Waals surface area contributed by atoms with Crippen LogP contribution in [0.25, 0.3) is 16.7 Å². The predicted molar refractivity (Wildman–Crippen MR) is 114 cm³/mol. The molecule has 8 nitrogen and oxygen atoms in total. The lowest BCUT2D eigenvalue weighted by molar-refractivity contribution is 0.0785. The van der Waals surface area contributed by atoms with Gasteiger partial charge in [0.2, 0.25) is 0 Å². The smallest absolute Gasteiger partial charge is 0.316 e. The van der Waals surface area contributed by atoms with Gasteiger partial charge in [-0.05, 0) is 37.3 Å². The van der Waals surface area contributed by atoms with Crippen molar-refractivity contribution >= 4 is 16.9 Å². The summed E-state index contributed by atoms with van der Waals surface area (Å²) in [5.41, 5.74) is 2.01. The Morgan fingerprint density at radius 1 is 1.13 bits per heavy atom. The largest absolute Gasteiger partial charge is 0.337 e. The number of carbonyl (C=O) groups is 1. The van der Waals surface area contributed by atoms with E-state index >= 15 is 0 Å². The van der Waals surface area contributed by atoms with Gasteiger partial charge in [0.05, 0.1) is 22.9 Å². The molecule has 0 saturated heterocycles. The van der Waals surface area contributed by atoms with Crippen LogP contribution in [-0.2, 0) is 13.1 Å². The molecule has 1 amide bonds. The van der Waals surface area contributed by atoms with Crippen LogP contribution in [0.1, 0.15) is 22.8 Å². The van der Waals surface area contributed by atoms with Gasteiger partial charge in [-0.15, -0.1) is 0 Å². The number of nitrogens with zero attached hydrogens (tertiary/aromatic N) is 4. The van der Waals surface area contributed by atoms with E-state index in [4.69, 9.17) is 0 Å². The maximum Gasteiger partial charge on any atom is 0.316 e. The highest BCUT2D eigenvalue weighted by molar-refractivity contribution is 5.97. The highest BCUT2D eigenvalue weighted by Gasteiger charge is 2.15. The Labute approximate surface area is 172 Å². The maximum absolute atomic E-state index is 12.9. The SMILES string of the molecule is CCn1c(=O)c(=O)[nH]c2cc(C(=O)N(C)Cc3cnn(-c4ccccc4)c3)ccc21. The van der Waals surface area contributed by atoms with Gasteiger partial charge in [0.1, 0.15) is 0 Å². The minimum atomic E-state index is -0.698. The Balaban J connectivity index is 1.58. The van der Waals surface area contributed by atoms with Crippen LogP contribution in [0, 0.1) is 0 Å². The van der Waals surface area contributed by atoms with Crippen molar-refractivity contribution < 1.29 is 4.79 Å². The Morgan fingerprint density at radius 2 is 1.90 bits per heavy atom. The molecule has 2 heterocycles. The molecule has 152 valence electrons. The van der Waals surface area contributed by atoms with Crippen molar-refractivity contribution in [1.82, 2.24) is 24.2 Å². The van der Waals surface area contributed by atoms with Crippen LogP contribution in [0.2, 0.25) is 0 Å². The summed E-state index contributed by atoms with van der Waals surface area (Å²) < 4.78 is 3.16. The second-order valence-corrected chi connectivity index (χ2v) is 7.03. The van der Waals surface area contributed by atoms with Crippen LogP contribution in [0.4, 0.5) is 0 Å². The Hall–Kier alpha value is -3.94. The highest BCUT2D eigenvalue weighted by Crippen LogP contribution is 2.15. The Bertz CT molecular complexity index is 1330. The number of H-pyrrole nitrogens is 1. The average Bonchev–Trinajstić information content (AvgIpc) is 3.23. The molecule has 2 aromatic heterocycles. The lowest BCUT2D eigenvalue weighted by Gasteiger charge is -2.17. The summed E-state index contributed by atoms with van der Waals surface area (Å²) in [7, 11) is 1.71. The van der Waals surface area contributed by atoms with E-state index in [1.165, 1.54) is 4.57 Å². The second kappa shape index (κ2) is 7.82. The predicted octanol–water partition coefficient (Wildman–Crippen LogP) is 2.17. The van der Waals surface area contributed by atoms with Gasteiger partial charge in [0.25, 0.3) is 5.91 Å². The normalized spacial score (nSPS) is 11.0. The summed E-state index contributed by atoms with van der Waals surface area (Å²) in [5, 5.41) is 4.36. The quantitative estimate of drug-likeness (QED) is 0.517. The number of aromatic nitrogens is 4. The summed E-state index contributed by atoms with van der Waals surface area (Å²) in [4.78, 5) is 40.9. The zero-order chi connectivity index (χ0) is 21.3. The Morgan fingerprint density at radius 3 is 2.63 bits per heavy atom. The number of aromatic amines is 1. The number of aryl methyl sites for hydroxylation is 1. The Kier molecular flexibility index (Phi) is 5.05. The first-order chi connectivity index (χ1) is 14.5. The second-order valence-electron chi connectivity index (χ2n) is 7.03. The van der Waals surface area contributed by atoms with Crippen molar-refractivity contribution in [2.24, 2.45) is 0 Å². The maximum atomic E-state index is 12.9. The number of hydrogen-bond donors (Lipinski definition) is 1. The number of nitrogens with one attached hydrogen (secondary N) is 1. The summed E-state index contributed by atoms with van der Waals surface area (Å²) in [5.74, 6) is -0.195. The van der Waals surface area contributed by atoms with Crippen LogP contribution in [0.5, 0.6) is 0 Å².